The van der Waals surface area contributed by atoms with Crippen molar-refractivity contribution in [2.75, 3.05) is 18.5 Å². The lowest BCUT2D eigenvalue weighted by Gasteiger charge is -2.19. The van der Waals surface area contributed by atoms with Gasteiger partial charge in [-0.05, 0) is 6.92 Å². The lowest BCUT2D eigenvalue weighted by Crippen LogP contribution is -2.27. The Hall–Kier alpha value is -1.40. The van der Waals surface area contributed by atoms with Crippen molar-refractivity contribution in [3.8, 4) is 0 Å². The molecule has 0 amide bonds. The first-order valence-corrected chi connectivity index (χ1v) is 4.99. The number of anilines is 1. The molecule has 0 aliphatic heterocycles. The summed E-state index contributed by atoms with van der Waals surface area (Å²) in [6.07, 6.45) is -0.551. The van der Waals surface area contributed by atoms with Crippen LogP contribution in [0.4, 0.5) is 11.5 Å². The molecule has 0 saturated carbocycles. The second-order valence-corrected chi connectivity index (χ2v) is 3.88. The van der Waals surface area contributed by atoms with E-state index in [0.29, 0.717) is 12.4 Å². The third-order valence-electron chi connectivity index (χ3n) is 1.91. The van der Waals surface area contributed by atoms with Gasteiger partial charge in [-0.15, -0.1) is 0 Å². The van der Waals surface area contributed by atoms with Crippen molar-refractivity contribution in [2.45, 2.75) is 13.0 Å². The molecular weight excluding hydrogens is 234 g/mol. The number of pyridine rings is 1. The molecule has 7 heteroatoms. The number of hydrogen-bond acceptors (Lipinski definition) is 5. The quantitative estimate of drug-likeness (QED) is 0.494. The van der Waals surface area contributed by atoms with Gasteiger partial charge in [0.1, 0.15) is 11.0 Å². The van der Waals surface area contributed by atoms with Crippen molar-refractivity contribution in [1.82, 2.24) is 4.98 Å². The van der Waals surface area contributed by atoms with E-state index >= 15 is 0 Å². The Morgan fingerprint density at radius 3 is 2.81 bits per heavy atom. The molecule has 0 radical (unpaired) electrons. The van der Waals surface area contributed by atoms with Gasteiger partial charge in [0.05, 0.1) is 23.2 Å². The fourth-order valence-corrected chi connectivity index (χ4v) is 1.46. The third kappa shape index (κ3) is 3.32. The van der Waals surface area contributed by atoms with E-state index in [1.54, 1.807) is 18.9 Å². The van der Waals surface area contributed by atoms with Gasteiger partial charge in [0.2, 0.25) is 0 Å². The monoisotopic (exact) mass is 245 g/mol. The van der Waals surface area contributed by atoms with Crippen LogP contribution in [-0.4, -0.2) is 34.7 Å². The average Bonchev–Trinajstić information content (AvgIpc) is 2.15. The lowest BCUT2D eigenvalue weighted by atomic mass is 10.3. The van der Waals surface area contributed by atoms with E-state index in [9.17, 15) is 15.2 Å². The molecule has 16 heavy (non-hydrogen) atoms. The number of aliphatic hydroxyl groups is 1. The Morgan fingerprint density at radius 2 is 2.31 bits per heavy atom. The Balaban J connectivity index is 3.00. The first kappa shape index (κ1) is 12.7. The van der Waals surface area contributed by atoms with Crippen molar-refractivity contribution in [2.24, 2.45) is 0 Å². The zero-order chi connectivity index (χ0) is 12.3. The van der Waals surface area contributed by atoms with Crippen LogP contribution in [0.1, 0.15) is 6.92 Å². The molecule has 1 rings (SSSR count). The Bertz CT molecular complexity index is 398. The highest BCUT2D eigenvalue weighted by Gasteiger charge is 2.13. The molecule has 1 aromatic heterocycles. The van der Waals surface area contributed by atoms with E-state index in [2.05, 4.69) is 4.98 Å². The number of nitro groups is 1. The van der Waals surface area contributed by atoms with Gasteiger partial charge in [-0.3, -0.25) is 10.1 Å². The molecule has 0 saturated heterocycles. The smallest absolute Gasteiger partial charge is 0.276 e. The predicted molar refractivity (Wildman–Crippen MR) is 60.9 cm³/mol. The molecule has 6 nitrogen and oxygen atoms in total. The fourth-order valence-electron chi connectivity index (χ4n) is 1.26. The van der Waals surface area contributed by atoms with Gasteiger partial charge in [0, 0.05) is 13.6 Å². The summed E-state index contributed by atoms with van der Waals surface area (Å²) in [5.41, 5.74) is -0.118. The second-order valence-electron chi connectivity index (χ2n) is 3.49. The molecule has 1 aromatic rings. The number of aliphatic hydroxyl groups excluding tert-OH is 1. The van der Waals surface area contributed by atoms with Crippen molar-refractivity contribution in [3.63, 3.8) is 0 Å². The summed E-state index contributed by atoms with van der Waals surface area (Å²) in [6, 6.07) is 2.50. The number of nitrogens with zero attached hydrogens (tertiary/aromatic N) is 3. The minimum Gasteiger partial charge on any atom is -0.392 e. The molecule has 88 valence electrons. The first-order valence-electron chi connectivity index (χ1n) is 4.61. The van der Waals surface area contributed by atoms with E-state index in [1.807, 2.05) is 0 Å². The highest BCUT2D eigenvalue weighted by molar-refractivity contribution is 6.29. The number of rotatable bonds is 4. The van der Waals surface area contributed by atoms with Gasteiger partial charge < -0.3 is 10.0 Å². The Kier molecular flexibility index (Phi) is 4.03. The van der Waals surface area contributed by atoms with Gasteiger partial charge in [-0.1, -0.05) is 11.6 Å². The number of aromatic nitrogens is 1. The normalized spacial score (nSPS) is 12.2. The maximum Gasteiger partial charge on any atom is 0.276 e. The van der Waals surface area contributed by atoms with Gasteiger partial charge in [-0.2, -0.15) is 0 Å². The van der Waals surface area contributed by atoms with E-state index in [-0.39, 0.29) is 10.8 Å². The summed E-state index contributed by atoms with van der Waals surface area (Å²) in [7, 11) is 1.68. The molecular formula is C9H12ClN3O3. The molecule has 0 aliphatic carbocycles. The molecule has 0 fully saturated rings. The summed E-state index contributed by atoms with van der Waals surface area (Å²) in [5, 5.41) is 19.9. The lowest BCUT2D eigenvalue weighted by molar-refractivity contribution is -0.384. The molecule has 0 bridgehead atoms. The summed E-state index contributed by atoms with van der Waals surface area (Å²) in [5.74, 6) is 0.361. The summed E-state index contributed by atoms with van der Waals surface area (Å²) < 4.78 is 0. The van der Waals surface area contributed by atoms with Crippen molar-refractivity contribution < 1.29 is 10.0 Å². The SMILES string of the molecule is CC(O)CN(C)c1cc([N+](=O)[O-])cc(Cl)n1. The van der Waals surface area contributed by atoms with E-state index in [0.717, 1.165) is 0 Å². The zero-order valence-electron chi connectivity index (χ0n) is 8.92. The van der Waals surface area contributed by atoms with Crippen molar-refractivity contribution in [3.05, 3.63) is 27.4 Å². The van der Waals surface area contributed by atoms with Crippen LogP contribution in [-0.2, 0) is 0 Å². The topological polar surface area (TPSA) is 79.5 Å². The fraction of sp³-hybridized carbons (Fsp3) is 0.444. The van der Waals surface area contributed by atoms with Crippen LogP contribution in [0.15, 0.2) is 12.1 Å². The van der Waals surface area contributed by atoms with E-state index in [4.69, 9.17) is 11.6 Å². The van der Waals surface area contributed by atoms with Crippen LogP contribution in [0.3, 0.4) is 0 Å². The Morgan fingerprint density at radius 1 is 1.69 bits per heavy atom. The maximum atomic E-state index is 10.6. The second kappa shape index (κ2) is 5.09. The van der Waals surface area contributed by atoms with Crippen LogP contribution in [0.5, 0.6) is 0 Å². The molecule has 1 heterocycles. The van der Waals surface area contributed by atoms with Gasteiger partial charge in [0.15, 0.2) is 0 Å². The summed E-state index contributed by atoms with van der Waals surface area (Å²) >= 11 is 5.67. The minimum absolute atomic E-state index is 0.0571. The van der Waals surface area contributed by atoms with Crippen LogP contribution in [0.25, 0.3) is 0 Å². The number of halogens is 1. The summed E-state index contributed by atoms with van der Waals surface area (Å²) in [4.78, 5) is 15.6. The van der Waals surface area contributed by atoms with Crippen LogP contribution < -0.4 is 4.90 Å². The van der Waals surface area contributed by atoms with Gasteiger partial charge >= 0.3 is 0 Å². The highest BCUT2D eigenvalue weighted by atomic mass is 35.5. The maximum absolute atomic E-state index is 10.6. The number of likely N-dealkylation sites (N-methyl/N-ethyl adjacent to an activating group) is 1. The largest absolute Gasteiger partial charge is 0.392 e. The first-order chi connectivity index (χ1) is 7.40. The molecule has 0 aromatic carbocycles. The molecule has 1 atom stereocenters. The molecule has 0 spiro atoms. The van der Waals surface area contributed by atoms with Crippen molar-refractivity contribution >= 4 is 23.1 Å². The standard InChI is InChI=1S/C9H12ClN3O3/c1-6(14)5-12(2)9-4-7(13(15)16)3-8(10)11-9/h3-4,6,14H,5H2,1-2H3. The molecule has 1 unspecified atom stereocenters. The highest BCUT2D eigenvalue weighted by Crippen LogP contribution is 2.22. The van der Waals surface area contributed by atoms with Crippen LogP contribution in [0.2, 0.25) is 5.15 Å². The zero-order valence-corrected chi connectivity index (χ0v) is 9.68. The summed E-state index contributed by atoms with van der Waals surface area (Å²) in [6.45, 7) is 1.94. The van der Waals surface area contributed by atoms with Crippen LogP contribution in [0, 0.1) is 10.1 Å². The average molecular weight is 246 g/mol. The molecule has 1 N–H and O–H groups in total. The minimum atomic E-state index is -0.551. The third-order valence-corrected chi connectivity index (χ3v) is 2.10. The van der Waals surface area contributed by atoms with Crippen LogP contribution >= 0.6 is 11.6 Å². The molecule has 0 aliphatic rings. The Labute approximate surface area is 97.6 Å². The number of hydrogen-bond donors (Lipinski definition) is 1. The van der Waals surface area contributed by atoms with E-state index in [1.165, 1.54) is 12.1 Å². The predicted octanol–water partition coefficient (Wildman–Crippen LogP) is 1.46. The van der Waals surface area contributed by atoms with Gasteiger partial charge in [0.25, 0.3) is 5.69 Å². The van der Waals surface area contributed by atoms with E-state index < -0.39 is 11.0 Å². The van der Waals surface area contributed by atoms with Crippen molar-refractivity contribution in [1.29, 1.82) is 0 Å². The van der Waals surface area contributed by atoms with Gasteiger partial charge in [-0.25, -0.2) is 4.98 Å².